The number of rotatable bonds is 6. The molecule has 190 valence electrons. The highest BCUT2D eigenvalue weighted by molar-refractivity contribution is 7.80. The predicted octanol–water partition coefficient (Wildman–Crippen LogP) is 5.12. The van der Waals surface area contributed by atoms with Crippen LogP contribution in [0.3, 0.4) is 0 Å². The minimum Gasteiger partial charge on any atom is -0.385 e. The summed E-state index contributed by atoms with van der Waals surface area (Å²) in [5.74, 6) is 0.225. The molecule has 0 fully saturated rings. The Bertz CT molecular complexity index is 1600. The lowest BCUT2D eigenvalue weighted by atomic mass is 9.88. The summed E-state index contributed by atoms with van der Waals surface area (Å²) >= 11 is 0. The molecule has 5 aromatic rings. The molecule has 0 aliphatic rings. The van der Waals surface area contributed by atoms with Crippen molar-refractivity contribution in [3.05, 3.63) is 131 Å². The number of benzene rings is 4. The molecule has 1 N–H and O–H groups in total. The molecule has 5 nitrogen and oxygen atoms in total. The Labute approximate surface area is 223 Å². The summed E-state index contributed by atoms with van der Waals surface area (Å²) in [7, 11) is -0.865. The average molecular weight is 520 g/mol. The number of para-hydroxylation sites is 1. The molecule has 5 rings (SSSR count). The first-order chi connectivity index (χ1) is 18.3. The van der Waals surface area contributed by atoms with Gasteiger partial charge < -0.3 is 5.11 Å². The molecular weight excluding hydrogens is 489 g/mol. The lowest BCUT2D eigenvalue weighted by Crippen LogP contribution is -2.29. The molecule has 0 spiro atoms. The Morgan fingerprint density at radius 2 is 1.37 bits per heavy atom. The highest BCUT2D eigenvalue weighted by Crippen LogP contribution is 2.34. The van der Waals surface area contributed by atoms with Crippen LogP contribution in [-0.4, -0.2) is 21.0 Å². The lowest BCUT2D eigenvalue weighted by Gasteiger charge is -2.26. The van der Waals surface area contributed by atoms with E-state index in [-0.39, 0.29) is 11.4 Å². The van der Waals surface area contributed by atoms with Gasteiger partial charge in [-0.2, -0.15) is 9.78 Å². The molecule has 1 unspecified atom stereocenters. The van der Waals surface area contributed by atoms with Gasteiger partial charge in [-0.15, -0.1) is 0 Å². The molecule has 1 aromatic heterocycles. The number of aromatic nitrogens is 2. The molecule has 0 radical (unpaired) electrons. The summed E-state index contributed by atoms with van der Waals surface area (Å²) < 4.78 is 1.25. The quantitative estimate of drug-likeness (QED) is 0.250. The second-order valence-corrected chi connectivity index (χ2v) is 12.4. The molecule has 4 aromatic carbocycles. The summed E-state index contributed by atoms with van der Waals surface area (Å²) in [4.78, 5) is 18.2. The van der Waals surface area contributed by atoms with Gasteiger partial charge in [-0.1, -0.05) is 118 Å². The Kier molecular flexibility index (Phi) is 7.33. The normalized spacial score (nSPS) is 12.9. The third-order valence-electron chi connectivity index (χ3n) is 6.36. The van der Waals surface area contributed by atoms with Crippen molar-refractivity contribution in [1.82, 2.24) is 9.66 Å². The van der Waals surface area contributed by atoms with Crippen LogP contribution in [-0.2, 0) is 0 Å². The largest absolute Gasteiger partial charge is 0.385 e. The number of aliphatic hydroxyl groups is 1. The molecule has 1 heterocycles. The van der Waals surface area contributed by atoms with Gasteiger partial charge in [0, 0.05) is 5.56 Å². The lowest BCUT2D eigenvalue weighted by molar-refractivity contribution is 0.0514. The van der Waals surface area contributed by atoms with E-state index < -0.39 is 19.4 Å². The first kappa shape index (κ1) is 25.7. The van der Waals surface area contributed by atoms with Crippen LogP contribution in [0.1, 0.15) is 38.3 Å². The highest BCUT2D eigenvalue weighted by atomic mass is 31.1. The van der Waals surface area contributed by atoms with Crippen molar-refractivity contribution in [2.75, 3.05) is 0 Å². The summed E-state index contributed by atoms with van der Waals surface area (Å²) in [6.07, 6.45) is 0.728. The van der Waals surface area contributed by atoms with Gasteiger partial charge in [0.1, 0.15) is 6.10 Å². The van der Waals surface area contributed by atoms with Crippen LogP contribution in [0.25, 0.3) is 10.9 Å². The van der Waals surface area contributed by atoms with Crippen LogP contribution < -0.4 is 21.5 Å². The van der Waals surface area contributed by atoms with Crippen molar-refractivity contribution in [2.24, 2.45) is 10.5 Å². The van der Waals surface area contributed by atoms with Gasteiger partial charge in [-0.25, -0.2) is 4.98 Å². The Balaban J connectivity index is 1.68. The maximum atomic E-state index is 13.6. The highest BCUT2D eigenvalue weighted by Gasteiger charge is 2.29. The minimum atomic E-state index is -0.988. The number of hydrogen-bond acceptors (Lipinski definition) is 4. The molecule has 0 bridgehead atoms. The first-order valence-corrected chi connectivity index (χ1v) is 13.9. The molecule has 0 amide bonds. The van der Waals surface area contributed by atoms with Crippen LogP contribution in [0, 0.1) is 5.41 Å². The molecule has 38 heavy (non-hydrogen) atoms. The van der Waals surface area contributed by atoms with E-state index in [1.54, 1.807) is 18.3 Å². The summed E-state index contributed by atoms with van der Waals surface area (Å²) in [5, 5.41) is 19.9. The van der Waals surface area contributed by atoms with Gasteiger partial charge in [-0.05, 0) is 41.4 Å². The van der Waals surface area contributed by atoms with Crippen molar-refractivity contribution >= 4 is 41.0 Å². The summed E-state index contributed by atoms with van der Waals surface area (Å²) in [6, 6.07) is 36.2. The Morgan fingerprint density at radius 3 is 2.00 bits per heavy atom. The zero-order valence-corrected chi connectivity index (χ0v) is 22.6. The second-order valence-electron chi connectivity index (χ2n) is 10.2. The van der Waals surface area contributed by atoms with Crippen molar-refractivity contribution in [1.29, 1.82) is 0 Å². The van der Waals surface area contributed by atoms with E-state index in [4.69, 9.17) is 0 Å². The fraction of sp³-hybridized carbons (Fsp3) is 0.156. The predicted molar refractivity (Wildman–Crippen MR) is 159 cm³/mol. The van der Waals surface area contributed by atoms with Gasteiger partial charge in [0.15, 0.2) is 5.82 Å². The van der Waals surface area contributed by atoms with Gasteiger partial charge in [-0.3, -0.25) is 4.79 Å². The van der Waals surface area contributed by atoms with Crippen LogP contribution in [0.15, 0.2) is 119 Å². The monoisotopic (exact) mass is 519 g/mol. The van der Waals surface area contributed by atoms with E-state index in [0.29, 0.717) is 10.9 Å². The van der Waals surface area contributed by atoms with Crippen LogP contribution in [0.4, 0.5) is 0 Å². The summed E-state index contributed by atoms with van der Waals surface area (Å²) in [6.45, 7) is 5.74. The van der Waals surface area contributed by atoms with Crippen molar-refractivity contribution in [3.8, 4) is 0 Å². The zero-order valence-electron chi connectivity index (χ0n) is 21.7. The van der Waals surface area contributed by atoms with Crippen molar-refractivity contribution in [2.45, 2.75) is 26.9 Å². The standard InChI is InChI=1S/C32H30N3O2P/c1-32(2,3)29(36)30-34-27-20-12-11-19-26(27)31(37)35(30)33-22-23-14-10-13-21-28(23)38(24-15-6-4-7-16-24)25-17-8-5-9-18-25/h4-22,29,36H,1-3H3. The van der Waals surface area contributed by atoms with E-state index >= 15 is 0 Å². The topological polar surface area (TPSA) is 67.5 Å². The van der Waals surface area contributed by atoms with Crippen molar-refractivity contribution in [3.63, 3.8) is 0 Å². The van der Waals surface area contributed by atoms with Gasteiger partial charge in [0.05, 0.1) is 17.1 Å². The fourth-order valence-electron chi connectivity index (χ4n) is 4.32. The third-order valence-corrected chi connectivity index (χ3v) is 8.88. The Hall–Kier alpha value is -3.92. The summed E-state index contributed by atoms with van der Waals surface area (Å²) in [5.41, 5.74) is 0.601. The average Bonchev–Trinajstić information content (AvgIpc) is 2.93. The van der Waals surface area contributed by atoms with E-state index in [0.717, 1.165) is 10.9 Å². The number of aliphatic hydroxyl groups excluding tert-OH is 1. The molecule has 6 heteroatoms. The van der Waals surface area contributed by atoms with Gasteiger partial charge >= 0.3 is 0 Å². The van der Waals surface area contributed by atoms with E-state index in [1.807, 2.05) is 63.2 Å². The number of nitrogens with zero attached hydrogens (tertiary/aromatic N) is 3. The molecule has 1 atom stereocenters. The smallest absolute Gasteiger partial charge is 0.282 e. The van der Waals surface area contributed by atoms with Crippen LogP contribution in [0.2, 0.25) is 0 Å². The maximum Gasteiger partial charge on any atom is 0.282 e. The molecule has 0 aliphatic carbocycles. The second kappa shape index (κ2) is 10.8. The minimum absolute atomic E-state index is 0.225. The van der Waals surface area contributed by atoms with Crippen LogP contribution in [0.5, 0.6) is 0 Å². The SMILES string of the molecule is CC(C)(C)C(O)c1nc2ccccc2c(=O)n1N=Cc1ccccc1P(c1ccccc1)c1ccccc1. The first-order valence-electron chi connectivity index (χ1n) is 12.6. The van der Waals surface area contributed by atoms with Crippen molar-refractivity contribution < 1.29 is 5.11 Å². The fourth-order valence-corrected chi connectivity index (χ4v) is 6.74. The van der Waals surface area contributed by atoms with E-state index in [9.17, 15) is 9.90 Å². The van der Waals surface area contributed by atoms with E-state index in [1.165, 1.54) is 15.3 Å². The third kappa shape index (κ3) is 5.22. The molecule has 0 saturated heterocycles. The molecule has 0 aliphatic heterocycles. The molecule has 0 saturated carbocycles. The van der Waals surface area contributed by atoms with Gasteiger partial charge in [0.2, 0.25) is 0 Å². The van der Waals surface area contributed by atoms with E-state index in [2.05, 4.69) is 64.7 Å². The van der Waals surface area contributed by atoms with Crippen LogP contribution >= 0.6 is 7.92 Å². The maximum absolute atomic E-state index is 13.6. The Morgan fingerprint density at radius 1 is 0.816 bits per heavy atom. The number of hydrogen-bond donors (Lipinski definition) is 1. The zero-order chi connectivity index (χ0) is 26.7. The number of fused-ring (bicyclic) bond motifs is 1. The van der Waals surface area contributed by atoms with Gasteiger partial charge in [0.25, 0.3) is 5.56 Å². The molecular formula is C32H30N3O2P.